The number of carbonyl (C=O) groups excluding carboxylic acids is 2. The summed E-state index contributed by atoms with van der Waals surface area (Å²) in [6.07, 6.45) is 2.91. The highest BCUT2D eigenvalue weighted by Crippen LogP contribution is 2.41. The number of unbranched alkanes of at least 4 members (excludes halogenated alkanes) is 2. The summed E-state index contributed by atoms with van der Waals surface area (Å²) in [6, 6.07) is 15.3. The average molecular weight is 420 g/mol. The quantitative estimate of drug-likeness (QED) is 0.318. The van der Waals surface area contributed by atoms with E-state index in [0.29, 0.717) is 12.5 Å². The Kier molecular flexibility index (Phi) is 6.07. The SMILES string of the molecule is CCCCCN1C(=O)[C@H](C(=O)OCC)[C@H](c2cccc(C)c2)n2c1nc1ccccc12. The molecule has 162 valence electrons. The fourth-order valence-corrected chi connectivity index (χ4v) is 4.43. The summed E-state index contributed by atoms with van der Waals surface area (Å²) in [4.78, 5) is 33.3. The minimum absolute atomic E-state index is 0.233. The van der Waals surface area contributed by atoms with E-state index >= 15 is 0 Å². The number of aryl methyl sites for hydroxylation is 1. The van der Waals surface area contributed by atoms with Crippen LogP contribution in [-0.2, 0) is 14.3 Å². The summed E-state index contributed by atoms with van der Waals surface area (Å²) in [6.45, 7) is 6.67. The number of carbonyl (C=O) groups is 2. The molecule has 2 aromatic carbocycles. The average Bonchev–Trinajstić information content (AvgIpc) is 3.14. The number of imidazole rings is 1. The first-order chi connectivity index (χ1) is 15.1. The van der Waals surface area contributed by atoms with E-state index in [1.807, 2.05) is 55.5 Å². The van der Waals surface area contributed by atoms with E-state index in [1.165, 1.54) is 0 Å². The summed E-state index contributed by atoms with van der Waals surface area (Å²) >= 11 is 0. The van der Waals surface area contributed by atoms with Crippen LogP contribution in [0.1, 0.15) is 50.3 Å². The second-order valence-electron chi connectivity index (χ2n) is 8.06. The number of amides is 1. The van der Waals surface area contributed by atoms with Crippen molar-refractivity contribution in [2.45, 2.75) is 46.1 Å². The summed E-state index contributed by atoms with van der Waals surface area (Å²) in [5, 5.41) is 0. The Bertz CT molecular complexity index is 1100. The highest BCUT2D eigenvalue weighted by molar-refractivity contribution is 6.08. The van der Waals surface area contributed by atoms with Gasteiger partial charge in [-0.25, -0.2) is 4.98 Å². The monoisotopic (exact) mass is 419 g/mol. The van der Waals surface area contributed by atoms with Crippen molar-refractivity contribution in [3.05, 3.63) is 59.7 Å². The number of anilines is 1. The number of rotatable bonds is 7. The fraction of sp³-hybridized carbons (Fsp3) is 0.400. The minimum Gasteiger partial charge on any atom is -0.465 e. The standard InChI is InChI=1S/C25H29N3O3/c1-4-6-9-15-27-23(29)21(24(30)31-5-2)22(18-12-10-11-17(3)16-18)28-20-14-8-7-13-19(20)26-25(27)28/h7-8,10-14,16,21-22H,4-6,9,15H2,1-3H3/t21-,22+/m1/s1. The minimum atomic E-state index is -0.950. The van der Waals surface area contributed by atoms with Gasteiger partial charge in [-0.2, -0.15) is 0 Å². The van der Waals surface area contributed by atoms with E-state index in [1.54, 1.807) is 11.8 Å². The van der Waals surface area contributed by atoms with Crippen molar-refractivity contribution in [3.63, 3.8) is 0 Å². The molecular weight excluding hydrogens is 390 g/mol. The molecule has 0 unspecified atom stereocenters. The first kappa shape index (κ1) is 21.1. The second kappa shape index (κ2) is 8.92. The number of para-hydroxylation sites is 2. The second-order valence-corrected chi connectivity index (χ2v) is 8.06. The molecule has 31 heavy (non-hydrogen) atoms. The highest BCUT2D eigenvalue weighted by atomic mass is 16.5. The predicted octanol–water partition coefficient (Wildman–Crippen LogP) is 4.65. The van der Waals surface area contributed by atoms with Crippen LogP contribution in [0.2, 0.25) is 0 Å². The first-order valence-electron chi connectivity index (χ1n) is 11.1. The van der Waals surface area contributed by atoms with Crippen LogP contribution in [0.5, 0.6) is 0 Å². The van der Waals surface area contributed by atoms with Gasteiger partial charge in [0.1, 0.15) is 0 Å². The Labute approximate surface area is 182 Å². The van der Waals surface area contributed by atoms with Gasteiger partial charge in [0.15, 0.2) is 5.92 Å². The van der Waals surface area contributed by atoms with Crippen LogP contribution in [0.15, 0.2) is 48.5 Å². The van der Waals surface area contributed by atoms with Crippen molar-refractivity contribution >= 4 is 28.9 Å². The topological polar surface area (TPSA) is 64.4 Å². The molecule has 1 aliphatic heterocycles. The van der Waals surface area contributed by atoms with Gasteiger partial charge < -0.3 is 9.30 Å². The lowest BCUT2D eigenvalue weighted by molar-refractivity contribution is -0.153. The number of benzene rings is 2. The van der Waals surface area contributed by atoms with Crippen LogP contribution in [0, 0.1) is 12.8 Å². The van der Waals surface area contributed by atoms with Gasteiger partial charge in [0.2, 0.25) is 11.9 Å². The molecule has 2 heterocycles. The molecule has 0 spiro atoms. The van der Waals surface area contributed by atoms with Crippen molar-refractivity contribution in [2.24, 2.45) is 5.92 Å². The molecule has 0 fully saturated rings. The van der Waals surface area contributed by atoms with E-state index in [0.717, 1.165) is 41.4 Å². The van der Waals surface area contributed by atoms with Gasteiger partial charge >= 0.3 is 5.97 Å². The fourth-order valence-electron chi connectivity index (χ4n) is 4.43. The molecular formula is C25H29N3O3. The molecule has 0 saturated carbocycles. The molecule has 0 saturated heterocycles. The molecule has 2 atom stereocenters. The maximum absolute atomic E-state index is 13.7. The van der Waals surface area contributed by atoms with Crippen molar-refractivity contribution < 1.29 is 14.3 Å². The van der Waals surface area contributed by atoms with Crippen LogP contribution < -0.4 is 4.90 Å². The third-order valence-electron chi connectivity index (χ3n) is 5.85. The third-order valence-corrected chi connectivity index (χ3v) is 5.85. The van der Waals surface area contributed by atoms with Gasteiger partial charge in [-0.1, -0.05) is 61.7 Å². The maximum atomic E-state index is 13.7. The number of aromatic nitrogens is 2. The molecule has 4 rings (SSSR count). The number of nitrogens with zero attached hydrogens (tertiary/aromatic N) is 3. The third kappa shape index (κ3) is 3.82. The van der Waals surface area contributed by atoms with Gasteiger partial charge in [0.05, 0.1) is 23.7 Å². The van der Waals surface area contributed by atoms with E-state index in [9.17, 15) is 9.59 Å². The van der Waals surface area contributed by atoms with Crippen molar-refractivity contribution in [1.82, 2.24) is 9.55 Å². The molecule has 1 amide bonds. The summed E-state index contributed by atoms with van der Waals surface area (Å²) in [7, 11) is 0. The smallest absolute Gasteiger partial charge is 0.321 e. The van der Waals surface area contributed by atoms with Gasteiger partial charge in [-0.05, 0) is 38.0 Å². The zero-order chi connectivity index (χ0) is 22.0. The maximum Gasteiger partial charge on any atom is 0.321 e. The molecule has 0 bridgehead atoms. The molecule has 1 aliphatic rings. The lowest BCUT2D eigenvalue weighted by Gasteiger charge is -2.38. The zero-order valence-corrected chi connectivity index (χ0v) is 18.4. The number of hydrogen-bond acceptors (Lipinski definition) is 4. The first-order valence-corrected chi connectivity index (χ1v) is 11.1. The largest absolute Gasteiger partial charge is 0.465 e. The number of fused-ring (bicyclic) bond motifs is 3. The molecule has 0 aliphatic carbocycles. The Morgan fingerprint density at radius 2 is 1.90 bits per heavy atom. The number of esters is 1. The van der Waals surface area contributed by atoms with Crippen LogP contribution >= 0.6 is 0 Å². The lowest BCUT2D eigenvalue weighted by Crippen LogP contribution is -2.50. The van der Waals surface area contributed by atoms with Crippen molar-refractivity contribution in [1.29, 1.82) is 0 Å². The summed E-state index contributed by atoms with van der Waals surface area (Å²) in [5.41, 5.74) is 3.70. The zero-order valence-electron chi connectivity index (χ0n) is 18.4. The van der Waals surface area contributed by atoms with E-state index in [-0.39, 0.29) is 12.5 Å². The van der Waals surface area contributed by atoms with E-state index in [4.69, 9.17) is 9.72 Å². The van der Waals surface area contributed by atoms with Crippen LogP contribution in [0.3, 0.4) is 0 Å². The van der Waals surface area contributed by atoms with Crippen molar-refractivity contribution in [3.8, 4) is 0 Å². The van der Waals surface area contributed by atoms with E-state index < -0.39 is 17.9 Å². The molecule has 1 aromatic heterocycles. The van der Waals surface area contributed by atoms with Gasteiger partial charge in [0.25, 0.3) is 0 Å². The van der Waals surface area contributed by atoms with Gasteiger partial charge in [0, 0.05) is 6.54 Å². The van der Waals surface area contributed by atoms with Crippen LogP contribution in [-0.4, -0.2) is 34.6 Å². The molecule has 6 nitrogen and oxygen atoms in total. The lowest BCUT2D eigenvalue weighted by atomic mass is 9.88. The number of hydrogen-bond donors (Lipinski definition) is 0. The van der Waals surface area contributed by atoms with Crippen molar-refractivity contribution in [2.75, 3.05) is 18.1 Å². The van der Waals surface area contributed by atoms with E-state index in [2.05, 4.69) is 11.5 Å². The Balaban J connectivity index is 1.94. The Hall–Kier alpha value is -3.15. The normalized spacial score (nSPS) is 18.3. The molecule has 0 radical (unpaired) electrons. The highest BCUT2D eigenvalue weighted by Gasteiger charge is 2.47. The van der Waals surface area contributed by atoms with Crippen LogP contribution in [0.4, 0.5) is 5.95 Å². The molecule has 3 aromatic rings. The number of ether oxygens (including phenoxy) is 1. The Morgan fingerprint density at radius 3 is 2.65 bits per heavy atom. The predicted molar refractivity (Wildman–Crippen MR) is 121 cm³/mol. The molecule has 6 heteroatoms. The van der Waals surface area contributed by atoms with Crippen LogP contribution in [0.25, 0.3) is 11.0 Å². The van der Waals surface area contributed by atoms with Gasteiger partial charge in [-0.15, -0.1) is 0 Å². The molecule has 0 N–H and O–H groups in total. The van der Waals surface area contributed by atoms with Gasteiger partial charge in [-0.3, -0.25) is 14.5 Å². The Morgan fingerprint density at radius 1 is 1.10 bits per heavy atom. The summed E-state index contributed by atoms with van der Waals surface area (Å²) < 4.78 is 7.45. The summed E-state index contributed by atoms with van der Waals surface area (Å²) in [5.74, 6) is -1.06.